The standard InChI is InChI=1S/C14H16BrN3O4/c1-7(17-14(20)21)5-18-12-8(4-16-18)2-3-10-11(12)13(19)9(15)6-22-10/h2-4,7,9,13,17,19H,5-6H2,1H3,(H,20,21)/t7-,9?,13?/m0/s1. The van der Waals surface area contributed by atoms with Crippen LogP contribution in [0.5, 0.6) is 5.75 Å². The summed E-state index contributed by atoms with van der Waals surface area (Å²) in [5.74, 6) is 0.635. The summed E-state index contributed by atoms with van der Waals surface area (Å²) in [6.45, 7) is 2.52. The van der Waals surface area contributed by atoms with Gasteiger partial charge in [-0.15, -0.1) is 0 Å². The van der Waals surface area contributed by atoms with Crippen molar-refractivity contribution >= 4 is 32.9 Å². The lowest BCUT2D eigenvalue weighted by atomic mass is 10.0. The second kappa shape index (κ2) is 5.77. The van der Waals surface area contributed by atoms with Crippen LogP contribution in [0.15, 0.2) is 18.3 Å². The summed E-state index contributed by atoms with van der Waals surface area (Å²) in [6, 6.07) is 3.40. The number of aromatic nitrogens is 2. The zero-order valence-electron chi connectivity index (χ0n) is 11.9. The number of fused-ring (bicyclic) bond motifs is 3. The molecule has 0 bridgehead atoms. The molecule has 3 atom stereocenters. The molecule has 0 aliphatic carbocycles. The molecular formula is C14H16BrN3O4. The first-order valence-corrected chi connectivity index (χ1v) is 7.81. The smallest absolute Gasteiger partial charge is 0.404 e. The molecule has 2 unspecified atom stereocenters. The lowest BCUT2D eigenvalue weighted by molar-refractivity contribution is 0.126. The van der Waals surface area contributed by atoms with E-state index in [0.29, 0.717) is 24.5 Å². The number of carbonyl (C=O) groups is 1. The fourth-order valence-corrected chi connectivity index (χ4v) is 3.09. The van der Waals surface area contributed by atoms with Gasteiger partial charge >= 0.3 is 6.09 Å². The number of aliphatic hydroxyl groups excluding tert-OH is 1. The molecule has 0 radical (unpaired) electrons. The second-order valence-corrected chi connectivity index (χ2v) is 6.54. The van der Waals surface area contributed by atoms with E-state index in [1.807, 2.05) is 12.1 Å². The largest absolute Gasteiger partial charge is 0.492 e. The maximum Gasteiger partial charge on any atom is 0.404 e. The van der Waals surface area contributed by atoms with Crippen molar-refractivity contribution in [2.45, 2.75) is 30.4 Å². The second-order valence-electron chi connectivity index (χ2n) is 5.36. The summed E-state index contributed by atoms with van der Waals surface area (Å²) in [6.07, 6.45) is -0.0752. The van der Waals surface area contributed by atoms with Gasteiger partial charge in [0.1, 0.15) is 18.5 Å². The van der Waals surface area contributed by atoms with Gasteiger partial charge in [-0.3, -0.25) is 4.68 Å². The lowest BCUT2D eigenvalue weighted by Gasteiger charge is -2.27. The maximum atomic E-state index is 10.7. The molecule has 2 aromatic rings. The van der Waals surface area contributed by atoms with Gasteiger partial charge in [0.15, 0.2) is 0 Å². The normalized spacial score (nSPS) is 22.0. The van der Waals surface area contributed by atoms with Gasteiger partial charge in [-0.05, 0) is 19.1 Å². The number of carboxylic acid groups (broad SMARTS) is 1. The van der Waals surface area contributed by atoms with Gasteiger partial charge in [0.25, 0.3) is 0 Å². The van der Waals surface area contributed by atoms with Crippen molar-refractivity contribution in [1.82, 2.24) is 15.1 Å². The van der Waals surface area contributed by atoms with Crippen LogP contribution in [0.3, 0.4) is 0 Å². The van der Waals surface area contributed by atoms with E-state index >= 15 is 0 Å². The monoisotopic (exact) mass is 369 g/mol. The molecule has 2 heterocycles. The van der Waals surface area contributed by atoms with E-state index < -0.39 is 12.2 Å². The molecule has 1 amide bonds. The van der Waals surface area contributed by atoms with Crippen molar-refractivity contribution < 1.29 is 19.7 Å². The average molecular weight is 370 g/mol. The summed E-state index contributed by atoms with van der Waals surface area (Å²) in [7, 11) is 0. The maximum absolute atomic E-state index is 10.7. The topological polar surface area (TPSA) is 96.6 Å². The quantitative estimate of drug-likeness (QED) is 0.717. The highest BCUT2D eigenvalue weighted by molar-refractivity contribution is 9.09. The summed E-state index contributed by atoms with van der Waals surface area (Å²) in [4.78, 5) is 10.5. The van der Waals surface area contributed by atoms with Crippen LogP contribution in [-0.4, -0.2) is 43.6 Å². The number of ether oxygens (including phenoxy) is 1. The Labute approximate surface area is 135 Å². The van der Waals surface area contributed by atoms with Crippen molar-refractivity contribution in [3.8, 4) is 5.75 Å². The Bertz CT molecular complexity index is 717. The molecule has 0 saturated carbocycles. The van der Waals surface area contributed by atoms with Crippen LogP contribution in [0, 0.1) is 0 Å². The van der Waals surface area contributed by atoms with Crippen LogP contribution in [0.1, 0.15) is 18.6 Å². The Morgan fingerprint density at radius 3 is 3.14 bits per heavy atom. The van der Waals surface area contributed by atoms with Crippen molar-refractivity contribution in [2.24, 2.45) is 0 Å². The number of rotatable bonds is 3. The minimum absolute atomic E-state index is 0.191. The van der Waals surface area contributed by atoms with Crippen LogP contribution in [0.4, 0.5) is 4.79 Å². The van der Waals surface area contributed by atoms with Crippen molar-refractivity contribution in [1.29, 1.82) is 0 Å². The number of halogens is 1. The predicted molar refractivity (Wildman–Crippen MR) is 83.5 cm³/mol. The molecule has 3 rings (SSSR count). The Hall–Kier alpha value is -1.80. The van der Waals surface area contributed by atoms with Crippen LogP contribution in [-0.2, 0) is 6.54 Å². The SMILES string of the molecule is C[C@@H](Cn1ncc2ccc3c(c21)C(O)C(Br)CO3)NC(=O)O. The van der Waals surface area contributed by atoms with Crippen LogP contribution >= 0.6 is 15.9 Å². The Balaban J connectivity index is 2.04. The highest BCUT2D eigenvalue weighted by Crippen LogP contribution is 2.40. The van der Waals surface area contributed by atoms with Gasteiger partial charge in [0.2, 0.25) is 0 Å². The van der Waals surface area contributed by atoms with E-state index in [4.69, 9.17) is 9.84 Å². The Kier molecular flexibility index (Phi) is 3.96. The zero-order chi connectivity index (χ0) is 15.9. The molecule has 1 aromatic carbocycles. The minimum atomic E-state index is -1.07. The highest BCUT2D eigenvalue weighted by Gasteiger charge is 2.31. The zero-order valence-corrected chi connectivity index (χ0v) is 13.4. The number of alkyl halides is 1. The van der Waals surface area contributed by atoms with E-state index in [1.165, 1.54) is 0 Å². The molecule has 118 valence electrons. The molecular weight excluding hydrogens is 354 g/mol. The summed E-state index contributed by atoms with van der Waals surface area (Å²) in [5, 5.41) is 26.9. The summed E-state index contributed by atoms with van der Waals surface area (Å²) in [5.41, 5.74) is 1.46. The van der Waals surface area contributed by atoms with Gasteiger partial charge < -0.3 is 20.3 Å². The first kappa shape index (κ1) is 15.1. The number of hydrogen-bond donors (Lipinski definition) is 3. The minimum Gasteiger partial charge on any atom is -0.492 e. The molecule has 1 aliphatic rings. The Morgan fingerprint density at radius 1 is 1.64 bits per heavy atom. The van der Waals surface area contributed by atoms with E-state index in [9.17, 15) is 9.90 Å². The lowest BCUT2D eigenvalue weighted by Crippen LogP contribution is -2.35. The molecule has 22 heavy (non-hydrogen) atoms. The van der Waals surface area contributed by atoms with Crippen LogP contribution in [0.25, 0.3) is 10.9 Å². The van der Waals surface area contributed by atoms with Crippen LogP contribution in [0.2, 0.25) is 0 Å². The van der Waals surface area contributed by atoms with Crippen molar-refractivity contribution in [2.75, 3.05) is 6.61 Å². The van der Waals surface area contributed by atoms with Gasteiger partial charge in [0, 0.05) is 17.0 Å². The summed E-state index contributed by atoms with van der Waals surface area (Å²) < 4.78 is 7.35. The molecule has 3 N–H and O–H groups in total. The molecule has 7 nitrogen and oxygen atoms in total. The van der Waals surface area contributed by atoms with Crippen molar-refractivity contribution in [3.05, 3.63) is 23.9 Å². The van der Waals surface area contributed by atoms with Gasteiger partial charge in [-0.25, -0.2) is 4.79 Å². The number of benzene rings is 1. The average Bonchev–Trinajstić information content (AvgIpc) is 2.85. The fraction of sp³-hybridized carbons (Fsp3) is 0.429. The van der Waals surface area contributed by atoms with E-state index in [0.717, 1.165) is 10.9 Å². The van der Waals surface area contributed by atoms with Gasteiger partial charge in [0.05, 0.1) is 23.1 Å². The van der Waals surface area contributed by atoms with Crippen LogP contribution < -0.4 is 10.1 Å². The van der Waals surface area contributed by atoms with E-state index in [2.05, 4.69) is 26.3 Å². The molecule has 8 heteroatoms. The molecule has 0 fully saturated rings. The molecule has 0 spiro atoms. The first-order valence-electron chi connectivity index (χ1n) is 6.90. The molecule has 1 aliphatic heterocycles. The van der Waals surface area contributed by atoms with Gasteiger partial charge in [-0.1, -0.05) is 15.9 Å². The van der Waals surface area contributed by atoms with E-state index in [-0.39, 0.29) is 10.9 Å². The molecule has 0 saturated heterocycles. The molecule has 1 aromatic heterocycles. The summed E-state index contributed by atoms with van der Waals surface area (Å²) >= 11 is 3.41. The highest BCUT2D eigenvalue weighted by atomic mass is 79.9. The predicted octanol–water partition coefficient (Wildman–Crippen LogP) is 1.88. The third-order valence-corrected chi connectivity index (χ3v) is 4.42. The van der Waals surface area contributed by atoms with Gasteiger partial charge in [-0.2, -0.15) is 5.10 Å². The van der Waals surface area contributed by atoms with Crippen molar-refractivity contribution in [3.63, 3.8) is 0 Å². The Morgan fingerprint density at radius 2 is 2.41 bits per heavy atom. The van der Waals surface area contributed by atoms with E-state index in [1.54, 1.807) is 17.8 Å². The number of nitrogens with one attached hydrogen (secondary N) is 1. The number of nitrogens with zero attached hydrogens (tertiary/aromatic N) is 2. The first-order chi connectivity index (χ1) is 10.5. The number of amides is 1. The number of aliphatic hydroxyl groups is 1. The third-order valence-electron chi connectivity index (χ3n) is 3.66. The third kappa shape index (κ3) is 2.64. The number of hydrogen-bond acceptors (Lipinski definition) is 4. The fourth-order valence-electron chi connectivity index (χ4n) is 2.70.